The molecule has 0 atom stereocenters. The second kappa shape index (κ2) is 6.92. The molecule has 0 radical (unpaired) electrons. The summed E-state index contributed by atoms with van der Waals surface area (Å²) in [5.74, 6) is 2.32. The topological polar surface area (TPSA) is 78.9 Å². The van der Waals surface area contributed by atoms with E-state index in [1.54, 1.807) is 0 Å². The number of amides is 1. The van der Waals surface area contributed by atoms with E-state index in [0.717, 1.165) is 17.2 Å². The Morgan fingerprint density at radius 3 is 2.42 bits per heavy atom. The van der Waals surface area contributed by atoms with Crippen molar-refractivity contribution in [1.82, 2.24) is 15.3 Å². The molecule has 0 aliphatic heterocycles. The predicted molar refractivity (Wildman–Crippen MR) is 77.4 cm³/mol. The molecule has 1 amide bonds. The molecule has 0 aliphatic rings. The first kappa shape index (κ1) is 15.2. The van der Waals surface area contributed by atoms with Gasteiger partial charge in [0.25, 0.3) is 0 Å². The van der Waals surface area contributed by atoms with Gasteiger partial charge >= 0.3 is 0 Å². The number of anilines is 2. The molecule has 0 saturated carbocycles. The van der Waals surface area contributed by atoms with E-state index < -0.39 is 0 Å². The smallest absolute Gasteiger partial charge is 0.221 e. The van der Waals surface area contributed by atoms with Gasteiger partial charge in [0.1, 0.15) is 17.5 Å². The molecule has 106 valence electrons. The van der Waals surface area contributed by atoms with E-state index in [9.17, 15) is 4.79 Å². The van der Waals surface area contributed by atoms with Crippen LogP contribution in [0.15, 0.2) is 0 Å². The highest BCUT2D eigenvalue weighted by atomic mass is 16.1. The SMILES string of the molecule is CNc1nc(C)nc(NCCC(=O)NC(C)C)c1C. The summed E-state index contributed by atoms with van der Waals surface area (Å²) in [5.41, 5.74) is 0.956. The van der Waals surface area contributed by atoms with Crippen LogP contribution in [0, 0.1) is 13.8 Å². The van der Waals surface area contributed by atoms with Gasteiger partial charge in [-0.25, -0.2) is 9.97 Å². The van der Waals surface area contributed by atoms with Gasteiger partial charge < -0.3 is 16.0 Å². The molecule has 1 aromatic rings. The summed E-state index contributed by atoms with van der Waals surface area (Å²) in [4.78, 5) is 20.2. The van der Waals surface area contributed by atoms with Crippen LogP contribution in [0.3, 0.4) is 0 Å². The lowest BCUT2D eigenvalue weighted by molar-refractivity contribution is -0.121. The van der Waals surface area contributed by atoms with Crippen molar-refractivity contribution in [3.8, 4) is 0 Å². The Hall–Kier alpha value is -1.85. The summed E-state index contributed by atoms with van der Waals surface area (Å²) >= 11 is 0. The number of aryl methyl sites for hydroxylation is 1. The maximum atomic E-state index is 11.5. The Kier molecular flexibility index (Phi) is 5.54. The number of nitrogens with one attached hydrogen (secondary N) is 3. The van der Waals surface area contributed by atoms with Crippen LogP contribution >= 0.6 is 0 Å². The van der Waals surface area contributed by atoms with Crippen LogP contribution in [0.1, 0.15) is 31.7 Å². The maximum absolute atomic E-state index is 11.5. The average molecular weight is 265 g/mol. The minimum Gasteiger partial charge on any atom is -0.373 e. The zero-order chi connectivity index (χ0) is 14.4. The molecule has 0 bridgehead atoms. The molecule has 0 spiro atoms. The maximum Gasteiger partial charge on any atom is 0.221 e. The number of nitrogens with zero attached hydrogens (tertiary/aromatic N) is 2. The standard InChI is InChI=1S/C13H23N5O/c1-8(2)16-11(19)6-7-15-13-9(3)12(14-5)17-10(4)18-13/h8H,6-7H2,1-5H3,(H,16,19)(H2,14,15,17,18). The van der Waals surface area contributed by atoms with Gasteiger partial charge in [0.05, 0.1) is 0 Å². The third-order valence-corrected chi connectivity index (χ3v) is 2.59. The van der Waals surface area contributed by atoms with E-state index in [0.29, 0.717) is 18.8 Å². The van der Waals surface area contributed by atoms with Crippen LogP contribution in [-0.4, -0.2) is 35.5 Å². The van der Waals surface area contributed by atoms with Crippen LogP contribution in [0.2, 0.25) is 0 Å². The first-order chi connectivity index (χ1) is 8.93. The third-order valence-electron chi connectivity index (χ3n) is 2.59. The molecule has 0 fully saturated rings. The molecule has 19 heavy (non-hydrogen) atoms. The molecule has 1 heterocycles. The fourth-order valence-corrected chi connectivity index (χ4v) is 1.73. The highest BCUT2D eigenvalue weighted by molar-refractivity contribution is 5.76. The highest BCUT2D eigenvalue weighted by Gasteiger charge is 2.08. The van der Waals surface area contributed by atoms with Crippen LogP contribution in [-0.2, 0) is 4.79 Å². The molecule has 0 unspecified atom stereocenters. The van der Waals surface area contributed by atoms with Crippen molar-refractivity contribution >= 4 is 17.5 Å². The van der Waals surface area contributed by atoms with Gasteiger partial charge in [-0.1, -0.05) is 0 Å². The van der Waals surface area contributed by atoms with Crippen molar-refractivity contribution in [1.29, 1.82) is 0 Å². The van der Waals surface area contributed by atoms with E-state index in [4.69, 9.17) is 0 Å². The lowest BCUT2D eigenvalue weighted by Gasteiger charge is -2.13. The number of rotatable bonds is 6. The Bertz CT molecular complexity index is 445. The predicted octanol–water partition coefficient (Wildman–Crippen LogP) is 1.46. The largest absolute Gasteiger partial charge is 0.373 e. The van der Waals surface area contributed by atoms with Gasteiger partial charge in [0.2, 0.25) is 5.91 Å². The average Bonchev–Trinajstić information content (AvgIpc) is 2.32. The van der Waals surface area contributed by atoms with E-state index in [1.807, 2.05) is 34.7 Å². The zero-order valence-electron chi connectivity index (χ0n) is 12.3. The van der Waals surface area contributed by atoms with Crippen molar-refractivity contribution in [2.45, 2.75) is 40.2 Å². The summed E-state index contributed by atoms with van der Waals surface area (Å²) in [6, 6.07) is 0.173. The number of hydrogen-bond acceptors (Lipinski definition) is 5. The minimum absolute atomic E-state index is 0.0415. The van der Waals surface area contributed by atoms with Crippen molar-refractivity contribution in [2.75, 3.05) is 24.2 Å². The van der Waals surface area contributed by atoms with Crippen LogP contribution in [0.25, 0.3) is 0 Å². The van der Waals surface area contributed by atoms with Crippen molar-refractivity contribution in [3.05, 3.63) is 11.4 Å². The molecular formula is C13H23N5O. The van der Waals surface area contributed by atoms with Crippen molar-refractivity contribution < 1.29 is 4.79 Å². The summed E-state index contributed by atoms with van der Waals surface area (Å²) < 4.78 is 0. The summed E-state index contributed by atoms with van der Waals surface area (Å²) in [5, 5.41) is 9.07. The Labute approximate surface area is 114 Å². The number of carbonyl (C=O) groups excluding carboxylic acids is 1. The van der Waals surface area contributed by atoms with Gasteiger partial charge in [-0.05, 0) is 27.7 Å². The Morgan fingerprint density at radius 1 is 1.21 bits per heavy atom. The first-order valence-corrected chi connectivity index (χ1v) is 6.50. The molecule has 6 nitrogen and oxygen atoms in total. The van der Waals surface area contributed by atoms with Crippen molar-refractivity contribution in [2.24, 2.45) is 0 Å². The monoisotopic (exact) mass is 265 g/mol. The number of hydrogen-bond donors (Lipinski definition) is 3. The molecular weight excluding hydrogens is 242 g/mol. The fourth-order valence-electron chi connectivity index (χ4n) is 1.73. The molecule has 3 N–H and O–H groups in total. The number of carbonyl (C=O) groups is 1. The van der Waals surface area contributed by atoms with Gasteiger partial charge in [0.15, 0.2) is 0 Å². The van der Waals surface area contributed by atoms with Crippen LogP contribution < -0.4 is 16.0 Å². The van der Waals surface area contributed by atoms with Gasteiger partial charge in [0, 0.05) is 31.6 Å². The van der Waals surface area contributed by atoms with E-state index in [1.165, 1.54) is 0 Å². The summed E-state index contributed by atoms with van der Waals surface area (Å²) in [6.45, 7) is 8.24. The zero-order valence-corrected chi connectivity index (χ0v) is 12.3. The lowest BCUT2D eigenvalue weighted by atomic mass is 10.3. The molecule has 0 aliphatic carbocycles. The van der Waals surface area contributed by atoms with Crippen LogP contribution in [0.4, 0.5) is 11.6 Å². The molecule has 1 aromatic heterocycles. The third kappa shape index (κ3) is 4.73. The quantitative estimate of drug-likeness (QED) is 0.726. The van der Waals surface area contributed by atoms with Gasteiger partial charge in [-0.2, -0.15) is 0 Å². The molecule has 0 saturated heterocycles. The Balaban J connectivity index is 2.58. The van der Waals surface area contributed by atoms with E-state index in [-0.39, 0.29) is 11.9 Å². The minimum atomic E-state index is 0.0415. The van der Waals surface area contributed by atoms with Crippen molar-refractivity contribution in [3.63, 3.8) is 0 Å². The highest BCUT2D eigenvalue weighted by Crippen LogP contribution is 2.18. The van der Waals surface area contributed by atoms with E-state index >= 15 is 0 Å². The fraction of sp³-hybridized carbons (Fsp3) is 0.615. The normalized spacial score (nSPS) is 10.4. The molecule has 1 rings (SSSR count). The van der Waals surface area contributed by atoms with Gasteiger partial charge in [-0.3, -0.25) is 4.79 Å². The van der Waals surface area contributed by atoms with Crippen LogP contribution in [0.5, 0.6) is 0 Å². The second-order valence-electron chi connectivity index (χ2n) is 4.74. The number of aromatic nitrogens is 2. The molecule has 6 heteroatoms. The summed E-state index contributed by atoms with van der Waals surface area (Å²) in [7, 11) is 1.83. The van der Waals surface area contributed by atoms with E-state index in [2.05, 4.69) is 25.9 Å². The first-order valence-electron chi connectivity index (χ1n) is 6.50. The Morgan fingerprint density at radius 2 is 1.84 bits per heavy atom. The van der Waals surface area contributed by atoms with Gasteiger partial charge in [-0.15, -0.1) is 0 Å². The second-order valence-corrected chi connectivity index (χ2v) is 4.74. The lowest BCUT2D eigenvalue weighted by Crippen LogP contribution is -2.31. The summed E-state index contributed by atoms with van der Waals surface area (Å²) in [6.07, 6.45) is 0.426. The molecule has 0 aromatic carbocycles.